The predicted molar refractivity (Wildman–Crippen MR) is 93.5 cm³/mol. The van der Waals surface area contributed by atoms with Crippen LogP contribution in [-0.2, 0) is 12.8 Å². The van der Waals surface area contributed by atoms with Crippen LogP contribution in [0.2, 0.25) is 0 Å². The summed E-state index contributed by atoms with van der Waals surface area (Å²) in [6.07, 6.45) is 1.51. The molecule has 3 aromatic rings. The minimum Gasteiger partial charge on any atom is -0.378 e. The second-order valence-corrected chi connectivity index (χ2v) is 6.05. The fourth-order valence-corrected chi connectivity index (χ4v) is 2.88. The Hall–Kier alpha value is -2.56. The van der Waals surface area contributed by atoms with E-state index in [9.17, 15) is 4.79 Å². The third-order valence-electron chi connectivity index (χ3n) is 4.17. The largest absolute Gasteiger partial charge is 0.378 e. The highest BCUT2D eigenvalue weighted by molar-refractivity contribution is 5.51. The number of nitrogens with one attached hydrogen (secondary N) is 1. The predicted octanol–water partition coefficient (Wildman–Crippen LogP) is 2.55. The zero-order valence-electron chi connectivity index (χ0n) is 14.1. The molecule has 0 fully saturated rings. The van der Waals surface area contributed by atoms with Gasteiger partial charge in [-0.2, -0.15) is 0 Å². The number of hydrogen-bond donors (Lipinski definition) is 1. The van der Waals surface area contributed by atoms with Gasteiger partial charge in [0, 0.05) is 43.5 Å². The van der Waals surface area contributed by atoms with Crippen molar-refractivity contribution >= 4 is 11.3 Å². The molecular formula is C18H22N4O. The number of aryl methyl sites for hydroxylation is 2. The van der Waals surface area contributed by atoms with Crippen LogP contribution in [-0.4, -0.2) is 28.7 Å². The number of benzene rings is 1. The summed E-state index contributed by atoms with van der Waals surface area (Å²) >= 11 is 0. The summed E-state index contributed by atoms with van der Waals surface area (Å²) in [7, 11) is 4.04. The van der Waals surface area contributed by atoms with E-state index >= 15 is 0 Å². The molecule has 0 bridgehead atoms. The number of rotatable bonds is 4. The number of anilines is 1. The van der Waals surface area contributed by atoms with Gasteiger partial charge in [-0.3, -0.25) is 9.89 Å². The average molecular weight is 310 g/mol. The summed E-state index contributed by atoms with van der Waals surface area (Å²) in [5, 5.41) is 3.09. The minimum atomic E-state index is -0.0577. The third-order valence-corrected chi connectivity index (χ3v) is 4.17. The van der Waals surface area contributed by atoms with Crippen LogP contribution in [0.4, 0.5) is 5.69 Å². The molecule has 0 spiro atoms. The van der Waals surface area contributed by atoms with Crippen molar-refractivity contribution in [2.45, 2.75) is 26.7 Å². The molecule has 0 unspecified atom stereocenters. The van der Waals surface area contributed by atoms with Gasteiger partial charge in [-0.25, -0.2) is 9.50 Å². The fraction of sp³-hybridized carbons (Fsp3) is 0.333. The Morgan fingerprint density at radius 1 is 1.22 bits per heavy atom. The van der Waals surface area contributed by atoms with Gasteiger partial charge < -0.3 is 4.90 Å². The van der Waals surface area contributed by atoms with Gasteiger partial charge in [-0.15, -0.1) is 0 Å². The van der Waals surface area contributed by atoms with Gasteiger partial charge in [0.05, 0.1) is 5.69 Å². The Labute approximate surface area is 135 Å². The van der Waals surface area contributed by atoms with Crippen molar-refractivity contribution in [3.05, 3.63) is 63.2 Å². The fourth-order valence-electron chi connectivity index (χ4n) is 2.88. The zero-order chi connectivity index (χ0) is 16.6. The van der Waals surface area contributed by atoms with E-state index in [1.54, 1.807) is 6.07 Å². The normalized spacial score (nSPS) is 11.1. The highest BCUT2D eigenvalue weighted by atomic mass is 16.1. The molecule has 0 amide bonds. The lowest BCUT2D eigenvalue weighted by molar-refractivity contribution is 0.866. The summed E-state index contributed by atoms with van der Waals surface area (Å²) in [5.74, 6) is 0. The van der Waals surface area contributed by atoms with Gasteiger partial charge in [0.1, 0.15) is 0 Å². The lowest BCUT2D eigenvalue weighted by Crippen LogP contribution is -2.16. The van der Waals surface area contributed by atoms with Gasteiger partial charge in [0.15, 0.2) is 5.65 Å². The Morgan fingerprint density at radius 3 is 2.52 bits per heavy atom. The molecule has 5 heteroatoms. The van der Waals surface area contributed by atoms with Gasteiger partial charge >= 0.3 is 0 Å². The molecule has 0 aliphatic heterocycles. The highest BCUT2D eigenvalue weighted by Gasteiger charge is 2.11. The Morgan fingerprint density at radius 2 is 1.91 bits per heavy atom. The van der Waals surface area contributed by atoms with E-state index in [2.05, 4.69) is 41.2 Å². The molecule has 0 saturated heterocycles. The Kier molecular flexibility index (Phi) is 3.94. The molecule has 0 aliphatic carbocycles. The van der Waals surface area contributed by atoms with Crippen molar-refractivity contribution in [3.8, 4) is 0 Å². The zero-order valence-corrected chi connectivity index (χ0v) is 14.1. The van der Waals surface area contributed by atoms with Gasteiger partial charge in [0.2, 0.25) is 0 Å². The number of fused-ring (bicyclic) bond motifs is 1. The SMILES string of the molecule is CCc1c(C)[nH]n2c(=O)cc(Cc3ccc(N(C)C)cc3)nc12. The summed E-state index contributed by atoms with van der Waals surface area (Å²) < 4.78 is 1.53. The number of aromatic nitrogens is 3. The Balaban J connectivity index is 1.98. The molecule has 0 radical (unpaired) electrons. The molecule has 3 rings (SSSR count). The number of H-pyrrole nitrogens is 1. The van der Waals surface area contributed by atoms with Gasteiger partial charge in [-0.1, -0.05) is 19.1 Å². The molecule has 1 aromatic carbocycles. The first kappa shape index (κ1) is 15.3. The Bertz CT molecular complexity index is 888. The first-order chi connectivity index (χ1) is 11.0. The van der Waals surface area contributed by atoms with Gasteiger partial charge in [-0.05, 0) is 31.0 Å². The van der Waals surface area contributed by atoms with E-state index in [4.69, 9.17) is 4.98 Å². The molecule has 2 heterocycles. The average Bonchev–Trinajstić information content (AvgIpc) is 2.84. The van der Waals surface area contributed by atoms with E-state index in [0.29, 0.717) is 6.42 Å². The number of aromatic amines is 1. The maximum atomic E-state index is 12.3. The molecule has 23 heavy (non-hydrogen) atoms. The first-order valence-electron chi connectivity index (χ1n) is 7.86. The molecular weight excluding hydrogens is 288 g/mol. The van der Waals surface area contributed by atoms with E-state index in [0.717, 1.165) is 40.3 Å². The molecule has 1 N–H and O–H groups in total. The van der Waals surface area contributed by atoms with Crippen LogP contribution in [0.3, 0.4) is 0 Å². The van der Waals surface area contributed by atoms with Crippen LogP contribution >= 0.6 is 0 Å². The van der Waals surface area contributed by atoms with Crippen LogP contribution in [0.5, 0.6) is 0 Å². The maximum absolute atomic E-state index is 12.3. The highest BCUT2D eigenvalue weighted by Crippen LogP contribution is 2.16. The van der Waals surface area contributed by atoms with E-state index in [1.807, 2.05) is 21.0 Å². The molecule has 120 valence electrons. The van der Waals surface area contributed by atoms with Crippen molar-refractivity contribution in [2.75, 3.05) is 19.0 Å². The minimum absolute atomic E-state index is 0.0577. The molecule has 0 aliphatic rings. The maximum Gasteiger partial charge on any atom is 0.272 e. The van der Waals surface area contributed by atoms with Crippen molar-refractivity contribution in [1.82, 2.24) is 14.6 Å². The summed E-state index contributed by atoms with van der Waals surface area (Å²) in [6, 6.07) is 9.95. The van der Waals surface area contributed by atoms with Crippen LogP contribution in [0.25, 0.3) is 5.65 Å². The monoisotopic (exact) mass is 310 g/mol. The lowest BCUT2D eigenvalue weighted by atomic mass is 10.1. The van der Waals surface area contributed by atoms with Gasteiger partial charge in [0.25, 0.3) is 5.56 Å². The molecule has 0 saturated carbocycles. The summed E-state index contributed by atoms with van der Waals surface area (Å²) in [5.41, 5.74) is 5.91. The first-order valence-corrected chi connectivity index (χ1v) is 7.86. The number of nitrogens with zero attached hydrogens (tertiary/aromatic N) is 3. The van der Waals surface area contributed by atoms with E-state index in [-0.39, 0.29) is 5.56 Å². The molecule has 2 aromatic heterocycles. The van der Waals surface area contributed by atoms with Crippen molar-refractivity contribution in [3.63, 3.8) is 0 Å². The second-order valence-electron chi connectivity index (χ2n) is 6.05. The smallest absolute Gasteiger partial charge is 0.272 e. The summed E-state index contributed by atoms with van der Waals surface area (Å²) in [4.78, 5) is 19.1. The standard InChI is InChI=1S/C18H22N4O/c1-5-16-12(2)20-22-17(23)11-14(19-18(16)22)10-13-6-8-15(9-7-13)21(3)4/h6-9,11,20H,5,10H2,1-4H3. The van der Waals surface area contributed by atoms with E-state index < -0.39 is 0 Å². The number of hydrogen-bond acceptors (Lipinski definition) is 3. The van der Waals surface area contributed by atoms with Crippen molar-refractivity contribution in [1.29, 1.82) is 0 Å². The molecule has 5 nitrogen and oxygen atoms in total. The van der Waals surface area contributed by atoms with Crippen molar-refractivity contribution < 1.29 is 0 Å². The van der Waals surface area contributed by atoms with Crippen LogP contribution in [0.15, 0.2) is 35.1 Å². The topological polar surface area (TPSA) is 53.4 Å². The van der Waals surface area contributed by atoms with Crippen molar-refractivity contribution in [2.24, 2.45) is 0 Å². The summed E-state index contributed by atoms with van der Waals surface area (Å²) in [6.45, 7) is 4.06. The second kappa shape index (κ2) is 5.91. The molecule has 0 atom stereocenters. The van der Waals surface area contributed by atoms with Crippen LogP contribution in [0.1, 0.15) is 29.4 Å². The van der Waals surface area contributed by atoms with Crippen LogP contribution < -0.4 is 10.5 Å². The van der Waals surface area contributed by atoms with Crippen LogP contribution in [0, 0.1) is 6.92 Å². The quantitative estimate of drug-likeness (QED) is 0.806. The van der Waals surface area contributed by atoms with E-state index in [1.165, 1.54) is 4.52 Å². The third kappa shape index (κ3) is 2.86. The lowest BCUT2D eigenvalue weighted by Gasteiger charge is -2.12.